The van der Waals surface area contributed by atoms with Crippen molar-refractivity contribution in [3.8, 4) is 0 Å². The molecule has 2 heterocycles. The van der Waals surface area contributed by atoms with Gasteiger partial charge in [0.05, 0.1) is 19.3 Å². The second kappa shape index (κ2) is 10.2. The molecule has 2 aliphatic heterocycles. The van der Waals surface area contributed by atoms with Crippen LogP contribution in [0, 0.1) is 0 Å². The van der Waals surface area contributed by atoms with Gasteiger partial charge in [-0.05, 0) is 30.6 Å². The van der Waals surface area contributed by atoms with Gasteiger partial charge in [0, 0.05) is 39.3 Å². The summed E-state index contributed by atoms with van der Waals surface area (Å²) in [6.45, 7) is 11.0. The molecule has 4 rings (SSSR count). The molecule has 0 unspecified atom stereocenters. The third-order valence-electron chi connectivity index (χ3n) is 6.06. The first-order valence-corrected chi connectivity index (χ1v) is 10.8. The third kappa shape index (κ3) is 5.21. The molecular formula is C24H33N3O. The van der Waals surface area contributed by atoms with E-state index in [4.69, 9.17) is 4.74 Å². The van der Waals surface area contributed by atoms with E-state index in [0.717, 1.165) is 39.4 Å². The van der Waals surface area contributed by atoms with Gasteiger partial charge in [-0.3, -0.25) is 9.80 Å². The van der Waals surface area contributed by atoms with E-state index in [1.807, 2.05) is 0 Å². The van der Waals surface area contributed by atoms with Crippen LogP contribution in [0.15, 0.2) is 60.7 Å². The molecule has 0 amide bonds. The summed E-state index contributed by atoms with van der Waals surface area (Å²) >= 11 is 0. The van der Waals surface area contributed by atoms with Crippen molar-refractivity contribution >= 4 is 0 Å². The number of nitrogens with zero attached hydrogens (tertiary/aromatic N) is 3. The average molecular weight is 380 g/mol. The quantitative estimate of drug-likeness (QED) is 0.736. The topological polar surface area (TPSA) is 19.0 Å². The van der Waals surface area contributed by atoms with Crippen LogP contribution in [-0.4, -0.2) is 80.3 Å². The van der Waals surface area contributed by atoms with E-state index >= 15 is 0 Å². The van der Waals surface area contributed by atoms with E-state index in [-0.39, 0.29) is 0 Å². The maximum Gasteiger partial charge on any atom is 0.0602 e. The Morgan fingerprint density at radius 1 is 0.643 bits per heavy atom. The molecule has 2 aromatic rings. The Balaban J connectivity index is 1.31. The lowest BCUT2D eigenvalue weighted by Crippen LogP contribution is -2.48. The van der Waals surface area contributed by atoms with Crippen LogP contribution in [0.2, 0.25) is 0 Å². The zero-order valence-corrected chi connectivity index (χ0v) is 16.9. The fourth-order valence-electron chi connectivity index (χ4n) is 4.47. The molecule has 0 saturated carbocycles. The van der Waals surface area contributed by atoms with Crippen molar-refractivity contribution < 1.29 is 4.74 Å². The molecule has 150 valence electrons. The second-order valence-electron chi connectivity index (χ2n) is 7.91. The Kier molecular flexibility index (Phi) is 7.12. The highest BCUT2D eigenvalue weighted by Crippen LogP contribution is 2.29. The highest BCUT2D eigenvalue weighted by Gasteiger charge is 2.26. The van der Waals surface area contributed by atoms with Gasteiger partial charge in [0.1, 0.15) is 0 Å². The Hall–Kier alpha value is -1.72. The van der Waals surface area contributed by atoms with E-state index in [1.165, 1.54) is 43.7 Å². The summed E-state index contributed by atoms with van der Waals surface area (Å²) < 4.78 is 5.45. The number of benzene rings is 2. The van der Waals surface area contributed by atoms with Gasteiger partial charge in [0.15, 0.2) is 0 Å². The lowest BCUT2D eigenvalue weighted by Gasteiger charge is -2.40. The van der Waals surface area contributed by atoms with Gasteiger partial charge < -0.3 is 9.64 Å². The fraction of sp³-hybridized carbons (Fsp3) is 0.500. The number of rotatable bonds is 7. The molecule has 2 fully saturated rings. The maximum absolute atomic E-state index is 5.45. The Bertz CT molecular complexity index is 640. The molecule has 0 aromatic heterocycles. The third-order valence-corrected chi connectivity index (χ3v) is 6.06. The summed E-state index contributed by atoms with van der Waals surface area (Å²) in [5.74, 6) is 0. The van der Waals surface area contributed by atoms with E-state index in [2.05, 4.69) is 75.4 Å². The average Bonchev–Trinajstić information content (AvgIpc) is 2.77. The van der Waals surface area contributed by atoms with Crippen LogP contribution in [0.25, 0.3) is 0 Å². The van der Waals surface area contributed by atoms with Crippen molar-refractivity contribution in [3.05, 3.63) is 71.8 Å². The van der Waals surface area contributed by atoms with Crippen molar-refractivity contribution in [1.29, 1.82) is 0 Å². The summed E-state index contributed by atoms with van der Waals surface area (Å²) in [7, 11) is 0. The van der Waals surface area contributed by atoms with E-state index in [0.29, 0.717) is 6.04 Å². The van der Waals surface area contributed by atoms with Crippen molar-refractivity contribution in [2.45, 2.75) is 12.5 Å². The predicted molar refractivity (Wildman–Crippen MR) is 115 cm³/mol. The lowest BCUT2D eigenvalue weighted by molar-refractivity contribution is 0.0347. The normalized spacial score (nSPS) is 19.9. The second-order valence-corrected chi connectivity index (χ2v) is 7.91. The van der Waals surface area contributed by atoms with Crippen LogP contribution in [0.5, 0.6) is 0 Å². The zero-order valence-electron chi connectivity index (χ0n) is 16.9. The minimum Gasteiger partial charge on any atom is -0.379 e. The van der Waals surface area contributed by atoms with Crippen LogP contribution in [0.1, 0.15) is 23.6 Å². The summed E-state index contributed by atoms with van der Waals surface area (Å²) in [5, 5.41) is 0. The molecule has 4 nitrogen and oxygen atoms in total. The van der Waals surface area contributed by atoms with Crippen LogP contribution < -0.4 is 0 Å². The monoisotopic (exact) mass is 379 g/mol. The number of piperazine rings is 1. The first kappa shape index (κ1) is 19.6. The Morgan fingerprint density at radius 2 is 1.14 bits per heavy atom. The molecule has 2 aromatic carbocycles. The highest BCUT2D eigenvalue weighted by molar-refractivity contribution is 5.31. The van der Waals surface area contributed by atoms with Crippen molar-refractivity contribution in [3.63, 3.8) is 0 Å². The first-order chi connectivity index (χ1) is 13.9. The van der Waals surface area contributed by atoms with Crippen LogP contribution in [0.3, 0.4) is 0 Å². The first-order valence-electron chi connectivity index (χ1n) is 10.8. The molecule has 2 aliphatic rings. The molecule has 2 saturated heterocycles. The fourth-order valence-corrected chi connectivity index (χ4v) is 4.47. The van der Waals surface area contributed by atoms with Gasteiger partial charge in [-0.2, -0.15) is 0 Å². The number of hydrogen-bond acceptors (Lipinski definition) is 4. The minimum atomic E-state index is 0.359. The largest absolute Gasteiger partial charge is 0.379 e. The van der Waals surface area contributed by atoms with E-state index in [9.17, 15) is 0 Å². The molecule has 0 N–H and O–H groups in total. The maximum atomic E-state index is 5.45. The van der Waals surface area contributed by atoms with Crippen molar-refractivity contribution in [1.82, 2.24) is 14.7 Å². The van der Waals surface area contributed by atoms with Gasteiger partial charge in [-0.25, -0.2) is 0 Å². The number of hydrogen-bond donors (Lipinski definition) is 0. The Labute approximate surface area is 169 Å². The molecule has 0 radical (unpaired) electrons. The minimum absolute atomic E-state index is 0.359. The number of morpholine rings is 1. The highest BCUT2D eigenvalue weighted by atomic mass is 16.5. The van der Waals surface area contributed by atoms with Gasteiger partial charge in [0.2, 0.25) is 0 Å². The van der Waals surface area contributed by atoms with Gasteiger partial charge in [0.25, 0.3) is 0 Å². The molecular weight excluding hydrogens is 346 g/mol. The van der Waals surface area contributed by atoms with Gasteiger partial charge in [-0.15, -0.1) is 0 Å². The smallest absolute Gasteiger partial charge is 0.0602 e. The van der Waals surface area contributed by atoms with Crippen LogP contribution >= 0.6 is 0 Å². The van der Waals surface area contributed by atoms with Gasteiger partial charge in [-0.1, -0.05) is 60.7 Å². The van der Waals surface area contributed by atoms with E-state index < -0.39 is 0 Å². The molecule has 0 bridgehead atoms. The summed E-state index contributed by atoms with van der Waals surface area (Å²) in [6.07, 6.45) is 1.26. The summed E-state index contributed by atoms with van der Waals surface area (Å²) in [5.41, 5.74) is 2.80. The molecule has 0 atom stereocenters. The van der Waals surface area contributed by atoms with Gasteiger partial charge >= 0.3 is 0 Å². The molecule has 4 heteroatoms. The van der Waals surface area contributed by atoms with Crippen LogP contribution in [-0.2, 0) is 4.74 Å². The Morgan fingerprint density at radius 3 is 1.68 bits per heavy atom. The number of ether oxygens (including phenoxy) is 1. The summed E-state index contributed by atoms with van der Waals surface area (Å²) in [6, 6.07) is 22.3. The lowest BCUT2D eigenvalue weighted by atomic mass is 9.96. The summed E-state index contributed by atoms with van der Waals surface area (Å²) in [4.78, 5) is 7.84. The zero-order chi connectivity index (χ0) is 19.0. The molecule has 0 aliphatic carbocycles. The standard InChI is InChI=1S/C24H33N3O/c1-3-8-22(9-4-1)24(23-10-5-2-6-11-23)27-16-14-25(15-17-27)12-7-13-26-18-20-28-21-19-26/h1-6,8-11,24H,7,12-21H2. The molecule has 28 heavy (non-hydrogen) atoms. The molecule has 0 spiro atoms. The van der Waals surface area contributed by atoms with Crippen molar-refractivity contribution in [2.24, 2.45) is 0 Å². The van der Waals surface area contributed by atoms with Crippen LogP contribution in [0.4, 0.5) is 0 Å². The SMILES string of the molecule is c1ccc(C(c2ccccc2)N2CCN(CCCN3CCOCC3)CC2)cc1. The predicted octanol–water partition coefficient (Wildman–Crippen LogP) is 3.12. The van der Waals surface area contributed by atoms with E-state index in [1.54, 1.807) is 0 Å². The van der Waals surface area contributed by atoms with Crippen molar-refractivity contribution in [2.75, 3.05) is 65.6 Å².